The van der Waals surface area contributed by atoms with Crippen LogP contribution in [-0.2, 0) is 16.1 Å². The summed E-state index contributed by atoms with van der Waals surface area (Å²) in [6, 6.07) is 8.18. The van der Waals surface area contributed by atoms with Crippen LogP contribution in [0.2, 0.25) is 0 Å². The number of hydrogen-bond donors (Lipinski definition) is 2. The largest absolute Gasteiger partial charge is 0.481 e. The number of anilines is 1. The highest BCUT2D eigenvalue weighted by Gasteiger charge is 2.35. The van der Waals surface area contributed by atoms with Crippen LogP contribution in [0.5, 0.6) is 0 Å². The molecule has 2 unspecified atom stereocenters. The molecule has 0 aliphatic heterocycles. The number of amides is 1. The molecule has 2 N–H and O–H groups in total. The molecule has 2 atom stereocenters. The molecule has 6 heteroatoms. The Morgan fingerprint density at radius 1 is 1.28 bits per heavy atom. The summed E-state index contributed by atoms with van der Waals surface area (Å²) >= 11 is 0. The van der Waals surface area contributed by atoms with Crippen LogP contribution >= 0.6 is 0 Å². The van der Waals surface area contributed by atoms with Gasteiger partial charge in [-0.3, -0.25) is 14.3 Å². The Hall–Kier alpha value is -2.63. The molecule has 1 aliphatic rings. The lowest BCUT2D eigenvalue weighted by Crippen LogP contribution is -2.35. The molecule has 132 valence electrons. The maximum absolute atomic E-state index is 12.5. The first-order chi connectivity index (χ1) is 12.0. The van der Waals surface area contributed by atoms with Gasteiger partial charge in [-0.25, -0.2) is 0 Å². The third kappa shape index (κ3) is 4.26. The van der Waals surface area contributed by atoms with E-state index in [9.17, 15) is 14.7 Å². The smallest absolute Gasteiger partial charge is 0.307 e. The maximum Gasteiger partial charge on any atom is 0.307 e. The lowest BCUT2D eigenvalue weighted by Gasteiger charge is -2.27. The summed E-state index contributed by atoms with van der Waals surface area (Å²) in [5.41, 5.74) is 2.93. The van der Waals surface area contributed by atoms with Gasteiger partial charge in [0.2, 0.25) is 5.91 Å². The van der Waals surface area contributed by atoms with E-state index in [4.69, 9.17) is 0 Å². The van der Waals surface area contributed by atoms with Gasteiger partial charge in [-0.2, -0.15) is 5.10 Å². The van der Waals surface area contributed by atoms with Crippen LogP contribution in [0, 0.1) is 18.8 Å². The molecule has 1 aliphatic carbocycles. The highest BCUT2D eigenvalue weighted by Crippen LogP contribution is 2.31. The van der Waals surface area contributed by atoms with E-state index in [1.54, 1.807) is 17.1 Å². The van der Waals surface area contributed by atoms with Crippen molar-refractivity contribution >= 4 is 17.6 Å². The van der Waals surface area contributed by atoms with Gasteiger partial charge in [-0.1, -0.05) is 42.7 Å². The van der Waals surface area contributed by atoms with Gasteiger partial charge >= 0.3 is 5.97 Å². The Morgan fingerprint density at radius 2 is 2.04 bits per heavy atom. The van der Waals surface area contributed by atoms with Crippen molar-refractivity contribution in [1.29, 1.82) is 0 Å². The van der Waals surface area contributed by atoms with Crippen molar-refractivity contribution in [1.82, 2.24) is 9.78 Å². The number of nitrogens with one attached hydrogen (secondary N) is 1. The predicted octanol–water partition coefficient (Wildman–Crippen LogP) is 3.07. The molecule has 0 radical (unpaired) electrons. The van der Waals surface area contributed by atoms with Gasteiger partial charge in [0.15, 0.2) is 0 Å². The standard InChI is InChI=1S/C19H23N3O3/c1-13-5-4-6-14(9-13)11-22-12-15(10-20-22)21-18(23)16-7-2-3-8-17(16)19(24)25/h4-6,9-10,12,16-17H,2-3,7-8,11H2,1H3,(H,21,23)(H,24,25). The minimum Gasteiger partial charge on any atom is -0.481 e. The zero-order chi connectivity index (χ0) is 17.8. The normalized spacial score (nSPS) is 20.2. The molecule has 1 aromatic heterocycles. The lowest BCUT2D eigenvalue weighted by molar-refractivity contribution is -0.147. The second-order valence-corrected chi connectivity index (χ2v) is 6.74. The predicted molar refractivity (Wildman–Crippen MR) is 94.2 cm³/mol. The number of carboxylic acid groups (broad SMARTS) is 1. The molecular weight excluding hydrogens is 318 g/mol. The van der Waals surface area contributed by atoms with Crippen molar-refractivity contribution < 1.29 is 14.7 Å². The van der Waals surface area contributed by atoms with Crippen molar-refractivity contribution in [3.8, 4) is 0 Å². The second kappa shape index (κ2) is 7.51. The number of carboxylic acids is 1. The first-order valence-corrected chi connectivity index (χ1v) is 8.64. The van der Waals surface area contributed by atoms with E-state index < -0.39 is 17.8 Å². The quantitative estimate of drug-likeness (QED) is 0.875. The van der Waals surface area contributed by atoms with Crippen LogP contribution in [0.25, 0.3) is 0 Å². The third-order valence-corrected chi connectivity index (χ3v) is 4.75. The van der Waals surface area contributed by atoms with Gasteiger partial charge < -0.3 is 10.4 Å². The summed E-state index contributed by atoms with van der Waals surface area (Å²) in [4.78, 5) is 23.8. The number of aromatic nitrogens is 2. The zero-order valence-electron chi connectivity index (χ0n) is 14.3. The lowest BCUT2D eigenvalue weighted by atomic mass is 9.78. The van der Waals surface area contributed by atoms with E-state index in [1.807, 2.05) is 25.1 Å². The molecule has 1 amide bonds. The number of hydrogen-bond acceptors (Lipinski definition) is 3. The van der Waals surface area contributed by atoms with E-state index in [-0.39, 0.29) is 5.91 Å². The molecule has 25 heavy (non-hydrogen) atoms. The van der Waals surface area contributed by atoms with Crippen LogP contribution in [0.4, 0.5) is 5.69 Å². The van der Waals surface area contributed by atoms with E-state index in [1.165, 1.54) is 5.56 Å². The summed E-state index contributed by atoms with van der Waals surface area (Å²) in [6.45, 7) is 2.67. The van der Waals surface area contributed by atoms with Crippen LogP contribution in [0.15, 0.2) is 36.7 Å². The summed E-state index contributed by atoms with van der Waals surface area (Å²) in [6.07, 6.45) is 6.34. The Bertz CT molecular complexity index is 769. The highest BCUT2D eigenvalue weighted by molar-refractivity contribution is 5.95. The van der Waals surface area contributed by atoms with Gasteiger partial charge in [0.25, 0.3) is 0 Å². The molecule has 0 bridgehead atoms. The zero-order valence-corrected chi connectivity index (χ0v) is 14.3. The monoisotopic (exact) mass is 341 g/mol. The topological polar surface area (TPSA) is 84.2 Å². The fraction of sp³-hybridized carbons (Fsp3) is 0.421. The van der Waals surface area contributed by atoms with Crippen molar-refractivity contribution in [2.24, 2.45) is 11.8 Å². The molecule has 1 saturated carbocycles. The van der Waals surface area contributed by atoms with Crippen LogP contribution in [-0.4, -0.2) is 26.8 Å². The van der Waals surface area contributed by atoms with Crippen LogP contribution in [0.3, 0.4) is 0 Å². The average molecular weight is 341 g/mol. The number of aryl methyl sites for hydroxylation is 1. The fourth-order valence-corrected chi connectivity index (χ4v) is 3.49. The number of aliphatic carboxylic acids is 1. The Balaban J connectivity index is 1.64. The molecule has 3 rings (SSSR count). The first-order valence-electron chi connectivity index (χ1n) is 8.64. The molecule has 0 saturated heterocycles. The molecule has 0 spiro atoms. The molecule has 6 nitrogen and oxygen atoms in total. The summed E-state index contributed by atoms with van der Waals surface area (Å²) in [5, 5.41) is 16.4. The van der Waals surface area contributed by atoms with Gasteiger partial charge in [-0.05, 0) is 25.3 Å². The maximum atomic E-state index is 12.5. The van der Waals surface area contributed by atoms with E-state index in [2.05, 4.69) is 16.5 Å². The molecule has 1 fully saturated rings. The summed E-state index contributed by atoms with van der Waals surface area (Å²) in [7, 11) is 0. The molecule has 2 aromatic rings. The van der Waals surface area contributed by atoms with Gasteiger partial charge in [0.05, 0.1) is 30.3 Å². The summed E-state index contributed by atoms with van der Waals surface area (Å²) < 4.78 is 1.76. The highest BCUT2D eigenvalue weighted by atomic mass is 16.4. The number of rotatable bonds is 5. The molecule has 1 heterocycles. The Morgan fingerprint density at radius 3 is 2.76 bits per heavy atom. The van der Waals surface area contributed by atoms with Gasteiger partial charge in [-0.15, -0.1) is 0 Å². The van der Waals surface area contributed by atoms with Crippen LogP contribution in [0.1, 0.15) is 36.8 Å². The first kappa shape index (κ1) is 17.2. The van der Waals surface area contributed by atoms with Crippen LogP contribution < -0.4 is 5.32 Å². The fourth-order valence-electron chi connectivity index (χ4n) is 3.49. The number of carbonyl (C=O) groups is 2. The number of carbonyl (C=O) groups excluding carboxylic acids is 1. The van der Waals surface area contributed by atoms with Gasteiger partial charge in [0, 0.05) is 6.20 Å². The minimum atomic E-state index is -0.880. The van der Waals surface area contributed by atoms with E-state index >= 15 is 0 Å². The Labute approximate surface area is 146 Å². The SMILES string of the molecule is Cc1cccc(Cn2cc(NC(=O)C3CCCCC3C(=O)O)cn2)c1. The number of benzene rings is 1. The van der Waals surface area contributed by atoms with Crippen molar-refractivity contribution in [2.75, 3.05) is 5.32 Å². The van der Waals surface area contributed by atoms with Crippen molar-refractivity contribution in [3.63, 3.8) is 0 Å². The van der Waals surface area contributed by atoms with E-state index in [0.717, 1.165) is 18.4 Å². The number of nitrogens with zero attached hydrogens (tertiary/aromatic N) is 2. The minimum absolute atomic E-state index is 0.220. The van der Waals surface area contributed by atoms with E-state index in [0.29, 0.717) is 25.1 Å². The average Bonchev–Trinajstić information content (AvgIpc) is 3.01. The van der Waals surface area contributed by atoms with Crippen molar-refractivity contribution in [3.05, 3.63) is 47.8 Å². The molecular formula is C19H23N3O3. The Kier molecular flexibility index (Phi) is 5.16. The summed E-state index contributed by atoms with van der Waals surface area (Å²) in [5.74, 6) is -2.15. The van der Waals surface area contributed by atoms with Gasteiger partial charge in [0.1, 0.15) is 0 Å². The van der Waals surface area contributed by atoms with Crippen molar-refractivity contribution in [2.45, 2.75) is 39.2 Å². The third-order valence-electron chi connectivity index (χ3n) is 4.75. The second-order valence-electron chi connectivity index (χ2n) is 6.74. The molecule has 1 aromatic carbocycles.